The number of nitrogens with zero attached hydrogens (tertiary/aromatic N) is 2. The van der Waals surface area contributed by atoms with E-state index in [2.05, 4.69) is 17.2 Å². The van der Waals surface area contributed by atoms with Crippen molar-refractivity contribution in [3.63, 3.8) is 0 Å². The largest absolute Gasteiger partial charge is 0.323 e. The van der Waals surface area contributed by atoms with E-state index in [0.717, 1.165) is 12.8 Å². The molecule has 3 rings (SSSR count). The first-order valence-corrected chi connectivity index (χ1v) is 10.4. The molecule has 0 aliphatic carbocycles. The van der Waals surface area contributed by atoms with E-state index < -0.39 is 10.0 Å². The fraction of sp³-hybridized carbons (Fsp3) is 0.300. The molecule has 27 heavy (non-hydrogen) atoms. The van der Waals surface area contributed by atoms with E-state index in [0.29, 0.717) is 30.4 Å². The Morgan fingerprint density at radius 2 is 2.00 bits per heavy atom. The minimum Gasteiger partial charge on any atom is -0.323 e. The van der Waals surface area contributed by atoms with Crippen LogP contribution in [0.1, 0.15) is 25.5 Å². The van der Waals surface area contributed by atoms with E-state index in [4.69, 9.17) is 0 Å². The van der Waals surface area contributed by atoms with Crippen molar-refractivity contribution in [3.8, 4) is 0 Å². The maximum Gasteiger partial charge on any atom is 0.248 e. The Kier molecular flexibility index (Phi) is 6.03. The molecule has 0 radical (unpaired) electrons. The van der Waals surface area contributed by atoms with Gasteiger partial charge in [0.15, 0.2) is 0 Å². The number of carbonyl (C=O) groups is 1. The van der Waals surface area contributed by atoms with Crippen LogP contribution in [0.25, 0.3) is 6.08 Å². The number of rotatable bonds is 5. The Morgan fingerprint density at radius 1 is 1.22 bits per heavy atom. The van der Waals surface area contributed by atoms with Crippen LogP contribution in [-0.2, 0) is 14.8 Å². The summed E-state index contributed by atoms with van der Waals surface area (Å²) in [5.41, 5.74) is 1.22. The van der Waals surface area contributed by atoms with Gasteiger partial charge < -0.3 is 5.32 Å². The summed E-state index contributed by atoms with van der Waals surface area (Å²) in [6.07, 6.45) is 6.60. The Labute approximate surface area is 160 Å². The quantitative estimate of drug-likeness (QED) is 0.802. The molecule has 7 heteroatoms. The molecule has 1 saturated heterocycles. The lowest BCUT2D eigenvalue weighted by Crippen LogP contribution is -2.39. The van der Waals surface area contributed by atoms with E-state index in [9.17, 15) is 13.2 Å². The molecule has 0 spiro atoms. The van der Waals surface area contributed by atoms with Crippen molar-refractivity contribution in [1.29, 1.82) is 0 Å². The van der Waals surface area contributed by atoms with Crippen molar-refractivity contribution in [3.05, 3.63) is 60.4 Å². The lowest BCUT2D eigenvalue weighted by atomic mass is 10.0. The van der Waals surface area contributed by atoms with Gasteiger partial charge in [-0.15, -0.1) is 0 Å². The third-order valence-electron chi connectivity index (χ3n) is 4.47. The zero-order valence-electron chi connectivity index (χ0n) is 15.2. The van der Waals surface area contributed by atoms with Crippen molar-refractivity contribution in [2.24, 2.45) is 5.92 Å². The van der Waals surface area contributed by atoms with Gasteiger partial charge >= 0.3 is 0 Å². The normalized spacial score (nSPS) is 18.5. The van der Waals surface area contributed by atoms with Crippen molar-refractivity contribution in [2.45, 2.75) is 24.7 Å². The highest BCUT2D eigenvalue weighted by Crippen LogP contribution is 2.24. The van der Waals surface area contributed by atoms with Gasteiger partial charge in [0.1, 0.15) is 0 Å². The Bertz CT molecular complexity index is 909. The fourth-order valence-electron chi connectivity index (χ4n) is 3.04. The van der Waals surface area contributed by atoms with Gasteiger partial charge in [-0.3, -0.25) is 9.78 Å². The van der Waals surface area contributed by atoms with E-state index in [1.807, 2.05) is 6.07 Å². The summed E-state index contributed by atoms with van der Waals surface area (Å²) in [5, 5.41) is 2.72. The smallest absolute Gasteiger partial charge is 0.248 e. The molecule has 1 aliphatic heterocycles. The highest BCUT2D eigenvalue weighted by Gasteiger charge is 2.28. The first kappa shape index (κ1) is 19.3. The van der Waals surface area contributed by atoms with Gasteiger partial charge in [-0.1, -0.05) is 13.0 Å². The Balaban J connectivity index is 1.64. The number of piperidine rings is 1. The molecule has 1 amide bonds. The zero-order chi connectivity index (χ0) is 19.3. The van der Waals surface area contributed by atoms with Gasteiger partial charge in [-0.2, -0.15) is 4.31 Å². The number of aromatic nitrogens is 1. The number of anilines is 1. The highest BCUT2D eigenvalue weighted by molar-refractivity contribution is 7.89. The summed E-state index contributed by atoms with van der Waals surface area (Å²) in [6, 6.07) is 11.7. The Hall–Kier alpha value is -2.51. The van der Waals surface area contributed by atoms with Crippen molar-refractivity contribution in [2.75, 3.05) is 18.4 Å². The third-order valence-corrected chi connectivity index (χ3v) is 6.35. The second-order valence-electron chi connectivity index (χ2n) is 6.71. The summed E-state index contributed by atoms with van der Waals surface area (Å²) in [4.78, 5) is 16.4. The number of nitrogens with one attached hydrogen (secondary N) is 1. The molecule has 1 N–H and O–H groups in total. The molecule has 1 atom stereocenters. The van der Waals surface area contributed by atoms with Crippen molar-refractivity contribution < 1.29 is 13.2 Å². The first-order chi connectivity index (χ1) is 12.9. The standard InChI is InChI=1S/C20H23N3O3S/c1-16-5-4-14-23(15-16)27(25,26)19-10-7-18(8-11-19)22-20(24)12-9-17-6-2-3-13-21-17/h2-3,6-13,16H,4-5,14-15H2,1H3,(H,22,24)/b12-9+. The minimum atomic E-state index is -3.49. The monoisotopic (exact) mass is 385 g/mol. The molecule has 2 aromatic rings. The van der Waals surface area contributed by atoms with E-state index in [-0.39, 0.29) is 10.8 Å². The SMILES string of the molecule is CC1CCCN(S(=O)(=O)c2ccc(NC(=O)/C=C/c3ccccn3)cc2)C1. The first-order valence-electron chi connectivity index (χ1n) is 8.95. The molecule has 142 valence electrons. The number of hydrogen-bond donors (Lipinski definition) is 1. The summed E-state index contributed by atoms with van der Waals surface area (Å²) < 4.78 is 27.0. The van der Waals surface area contributed by atoms with Crippen LogP contribution in [0.15, 0.2) is 59.6 Å². The second kappa shape index (κ2) is 8.45. The highest BCUT2D eigenvalue weighted by atomic mass is 32.2. The lowest BCUT2D eigenvalue weighted by Gasteiger charge is -2.30. The number of sulfonamides is 1. The molecule has 1 fully saturated rings. The van der Waals surface area contributed by atoms with E-state index in [1.165, 1.54) is 18.2 Å². The van der Waals surface area contributed by atoms with Gasteiger partial charge in [0.25, 0.3) is 0 Å². The van der Waals surface area contributed by atoms with Crippen molar-refractivity contribution >= 4 is 27.7 Å². The number of hydrogen-bond acceptors (Lipinski definition) is 4. The van der Waals surface area contributed by atoms with Gasteiger partial charge in [0.05, 0.1) is 10.6 Å². The average Bonchev–Trinajstić information content (AvgIpc) is 2.68. The molecule has 1 aromatic carbocycles. The molecule has 1 unspecified atom stereocenters. The molecule has 1 aliphatic rings. The van der Waals surface area contributed by atoms with Crippen LogP contribution in [0, 0.1) is 5.92 Å². The van der Waals surface area contributed by atoms with Crippen LogP contribution in [0.4, 0.5) is 5.69 Å². The summed E-state index contributed by atoms with van der Waals surface area (Å²) >= 11 is 0. The number of benzene rings is 1. The predicted molar refractivity (Wildman–Crippen MR) is 105 cm³/mol. The molecule has 2 heterocycles. The van der Waals surface area contributed by atoms with Crippen LogP contribution in [-0.4, -0.2) is 36.7 Å². The number of amides is 1. The molecule has 6 nitrogen and oxygen atoms in total. The van der Waals surface area contributed by atoms with Crippen molar-refractivity contribution in [1.82, 2.24) is 9.29 Å². The molecular weight excluding hydrogens is 362 g/mol. The van der Waals surface area contributed by atoms with E-state index >= 15 is 0 Å². The van der Waals surface area contributed by atoms with Gasteiger partial charge in [0.2, 0.25) is 15.9 Å². The third kappa shape index (κ3) is 5.02. The number of pyridine rings is 1. The average molecular weight is 385 g/mol. The van der Waals surface area contributed by atoms with E-state index in [1.54, 1.807) is 40.8 Å². The van der Waals surface area contributed by atoms with Crippen LogP contribution in [0.5, 0.6) is 0 Å². The molecule has 1 aromatic heterocycles. The maximum atomic E-state index is 12.7. The fourth-order valence-corrected chi connectivity index (χ4v) is 4.64. The predicted octanol–water partition coefficient (Wildman–Crippen LogP) is 3.15. The van der Waals surface area contributed by atoms with Crippen LogP contribution < -0.4 is 5.32 Å². The van der Waals surface area contributed by atoms with Gasteiger partial charge in [-0.25, -0.2) is 8.42 Å². The lowest BCUT2D eigenvalue weighted by molar-refractivity contribution is -0.111. The summed E-state index contributed by atoms with van der Waals surface area (Å²) in [7, 11) is -3.49. The second-order valence-corrected chi connectivity index (χ2v) is 8.65. The molecule has 0 saturated carbocycles. The minimum absolute atomic E-state index is 0.249. The van der Waals surface area contributed by atoms with Crippen LogP contribution in [0.3, 0.4) is 0 Å². The van der Waals surface area contributed by atoms with Gasteiger partial charge in [0, 0.05) is 31.0 Å². The maximum absolute atomic E-state index is 12.7. The topological polar surface area (TPSA) is 79.4 Å². The summed E-state index contributed by atoms with van der Waals surface area (Å²) in [5.74, 6) is 0.0686. The molecular formula is C20H23N3O3S. The summed E-state index contributed by atoms with van der Waals surface area (Å²) in [6.45, 7) is 3.18. The van der Waals surface area contributed by atoms with Crippen LogP contribution >= 0.6 is 0 Å². The van der Waals surface area contributed by atoms with Crippen LogP contribution in [0.2, 0.25) is 0 Å². The number of carbonyl (C=O) groups excluding carboxylic acids is 1. The van der Waals surface area contributed by atoms with Gasteiger partial charge in [-0.05, 0) is 61.2 Å². The zero-order valence-corrected chi connectivity index (χ0v) is 16.0. The molecule has 0 bridgehead atoms. The Morgan fingerprint density at radius 3 is 2.67 bits per heavy atom.